The lowest BCUT2D eigenvalue weighted by Crippen LogP contribution is -2.43. The maximum atomic E-state index is 14.2. The first-order valence-corrected chi connectivity index (χ1v) is 7.35. The minimum atomic E-state index is -0.195. The quantitative estimate of drug-likeness (QED) is 0.921. The molecule has 112 valence electrons. The van der Waals surface area contributed by atoms with E-state index in [4.69, 9.17) is 10.5 Å². The lowest BCUT2D eigenvalue weighted by atomic mass is 9.86. The van der Waals surface area contributed by atoms with Crippen LogP contribution < -0.4 is 10.5 Å². The summed E-state index contributed by atoms with van der Waals surface area (Å²) in [7, 11) is 1.59. The Morgan fingerprint density at radius 3 is 2.90 bits per heavy atom. The van der Waals surface area contributed by atoms with Crippen molar-refractivity contribution in [3.63, 3.8) is 0 Å². The van der Waals surface area contributed by atoms with Crippen LogP contribution in [-0.4, -0.2) is 31.6 Å². The number of methoxy groups -OCH3 is 1. The summed E-state index contributed by atoms with van der Waals surface area (Å²) in [4.78, 5) is 2.32. The summed E-state index contributed by atoms with van der Waals surface area (Å²) in [5.41, 5.74) is 6.51. The van der Waals surface area contributed by atoms with Crippen LogP contribution in [-0.2, 0) is 0 Å². The third-order valence-corrected chi connectivity index (χ3v) is 4.65. The van der Waals surface area contributed by atoms with Crippen LogP contribution in [0.3, 0.4) is 0 Å². The number of piperidine rings is 1. The van der Waals surface area contributed by atoms with Crippen molar-refractivity contribution in [2.24, 2.45) is 17.6 Å². The molecular formula is C16H25FN2O. The van der Waals surface area contributed by atoms with Crippen molar-refractivity contribution in [3.05, 3.63) is 29.6 Å². The van der Waals surface area contributed by atoms with E-state index in [-0.39, 0.29) is 11.9 Å². The van der Waals surface area contributed by atoms with E-state index >= 15 is 0 Å². The van der Waals surface area contributed by atoms with Crippen LogP contribution in [0.5, 0.6) is 5.75 Å². The van der Waals surface area contributed by atoms with E-state index in [0.29, 0.717) is 29.7 Å². The topological polar surface area (TPSA) is 38.5 Å². The van der Waals surface area contributed by atoms with Gasteiger partial charge < -0.3 is 10.5 Å². The molecule has 20 heavy (non-hydrogen) atoms. The van der Waals surface area contributed by atoms with Gasteiger partial charge in [0, 0.05) is 18.2 Å². The zero-order valence-corrected chi connectivity index (χ0v) is 12.6. The zero-order valence-electron chi connectivity index (χ0n) is 12.6. The number of rotatable bonds is 4. The highest BCUT2D eigenvalue weighted by Crippen LogP contribution is 2.34. The summed E-state index contributed by atoms with van der Waals surface area (Å²) in [5.74, 6) is 1.56. The maximum absolute atomic E-state index is 14.2. The van der Waals surface area contributed by atoms with E-state index in [1.165, 1.54) is 6.07 Å². The molecule has 0 radical (unpaired) electrons. The van der Waals surface area contributed by atoms with E-state index in [9.17, 15) is 4.39 Å². The number of halogens is 1. The third-order valence-electron chi connectivity index (χ3n) is 4.65. The van der Waals surface area contributed by atoms with Crippen molar-refractivity contribution in [2.45, 2.75) is 26.3 Å². The highest BCUT2D eigenvalue weighted by molar-refractivity contribution is 5.37. The van der Waals surface area contributed by atoms with Crippen LogP contribution in [0.2, 0.25) is 0 Å². The molecule has 3 atom stereocenters. The van der Waals surface area contributed by atoms with Gasteiger partial charge in [-0.2, -0.15) is 0 Å². The molecule has 1 fully saturated rings. The average Bonchev–Trinajstić information content (AvgIpc) is 2.46. The standard InChI is InChI=1S/C16H25FN2O/c1-11-7-8-19(10-13(11)9-18)12(2)16-14(17)5-4-6-15(16)20-3/h4-6,11-13H,7-10,18H2,1-3H3. The molecule has 0 aromatic heterocycles. The van der Waals surface area contributed by atoms with Gasteiger partial charge in [-0.05, 0) is 50.4 Å². The Hall–Kier alpha value is -1.13. The predicted octanol–water partition coefficient (Wildman–Crippen LogP) is 2.81. The van der Waals surface area contributed by atoms with E-state index in [1.807, 2.05) is 13.0 Å². The number of benzene rings is 1. The zero-order chi connectivity index (χ0) is 14.7. The summed E-state index contributed by atoms with van der Waals surface area (Å²) in [6.07, 6.45) is 1.11. The van der Waals surface area contributed by atoms with Crippen molar-refractivity contribution >= 4 is 0 Å². The Balaban J connectivity index is 2.21. The van der Waals surface area contributed by atoms with Gasteiger partial charge in [0.15, 0.2) is 0 Å². The van der Waals surface area contributed by atoms with Crippen LogP contribution in [0.15, 0.2) is 18.2 Å². The van der Waals surface area contributed by atoms with Crippen molar-refractivity contribution < 1.29 is 9.13 Å². The van der Waals surface area contributed by atoms with Crippen LogP contribution in [0.4, 0.5) is 4.39 Å². The Kier molecular flexibility index (Phi) is 5.00. The summed E-state index contributed by atoms with van der Waals surface area (Å²) in [6.45, 7) is 6.90. The summed E-state index contributed by atoms with van der Waals surface area (Å²) in [5, 5.41) is 0. The molecule has 0 aliphatic carbocycles. The highest BCUT2D eigenvalue weighted by Gasteiger charge is 2.30. The van der Waals surface area contributed by atoms with Crippen LogP contribution in [0.1, 0.15) is 31.9 Å². The maximum Gasteiger partial charge on any atom is 0.131 e. The first-order chi connectivity index (χ1) is 9.58. The molecule has 0 bridgehead atoms. The average molecular weight is 280 g/mol. The SMILES string of the molecule is COc1cccc(F)c1C(C)N1CCC(C)C(CN)C1. The molecule has 3 unspecified atom stereocenters. The predicted molar refractivity (Wildman–Crippen MR) is 79.3 cm³/mol. The van der Waals surface area contributed by atoms with Gasteiger partial charge in [-0.25, -0.2) is 4.39 Å². The molecule has 1 aromatic rings. The summed E-state index contributed by atoms with van der Waals surface area (Å²) >= 11 is 0. The van der Waals surface area contributed by atoms with Gasteiger partial charge in [0.1, 0.15) is 11.6 Å². The van der Waals surface area contributed by atoms with Gasteiger partial charge in [0.05, 0.1) is 7.11 Å². The van der Waals surface area contributed by atoms with Gasteiger partial charge in [0.25, 0.3) is 0 Å². The number of nitrogens with two attached hydrogens (primary N) is 1. The lowest BCUT2D eigenvalue weighted by Gasteiger charge is -2.40. The normalized spacial score (nSPS) is 25.4. The second-order valence-electron chi connectivity index (χ2n) is 5.79. The van der Waals surface area contributed by atoms with Gasteiger partial charge >= 0.3 is 0 Å². The minimum Gasteiger partial charge on any atom is -0.496 e. The smallest absolute Gasteiger partial charge is 0.131 e. The molecule has 1 aromatic carbocycles. The van der Waals surface area contributed by atoms with Crippen molar-refractivity contribution in [1.82, 2.24) is 4.90 Å². The fourth-order valence-corrected chi connectivity index (χ4v) is 3.12. The fourth-order valence-electron chi connectivity index (χ4n) is 3.12. The van der Waals surface area contributed by atoms with Crippen molar-refractivity contribution in [1.29, 1.82) is 0 Å². The molecule has 0 spiro atoms. The molecular weight excluding hydrogens is 255 g/mol. The van der Waals surface area contributed by atoms with E-state index in [2.05, 4.69) is 11.8 Å². The molecule has 0 amide bonds. The Labute approximate surface area is 120 Å². The fraction of sp³-hybridized carbons (Fsp3) is 0.625. The molecule has 1 saturated heterocycles. The monoisotopic (exact) mass is 280 g/mol. The molecule has 1 aliphatic heterocycles. The number of nitrogens with zero attached hydrogens (tertiary/aromatic N) is 1. The first-order valence-electron chi connectivity index (χ1n) is 7.35. The third kappa shape index (κ3) is 2.96. The second kappa shape index (κ2) is 6.55. The molecule has 0 saturated carbocycles. The molecule has 3 nitrogen and oxygen atoms in total. The van der Waals surface area contributed by atoms with Gasteiger partial charge in [-0.1, -0.05) is 13.0 Å². The van der Waals surface area contributed by atoms with E-state index in [1.54, 1.807) is 13.2 Å². The Bertz CT molecular complexity index is 452. The number of hydrogen-bond donors (Lipinski definition) is 1. The summed E-state index contributed by atoms with van der Waals surface area (Å²) < 4.78 is 19.5. The molecule has 2 rings (SSSR count). The van der Waals surface area contributed by atoms with Crippen LogP contribution in [0.25, 0.3) is 0 Å². The largest absolute Gasteiger partial charge is 0.496 e. The lowest BCUT2D eigenvalue weighted by molar-refractivity contribution is 0.0951. The van der Waals surface area contributed by atoms with Gasteiger partial charge in [-0.15, -0.1) is 0 Å². The molecule has 1 heterocycles. The molecule has 2 N–H and O–H groups in total. The number of hydrogen-bond acceptors (Lipinski definition) is 3. The molecule has 1 aliphatic rings. The van der Waals surface area contributed by atoms with E-state index in [0.717, 1.165) is 19.5 Å². The van der Waals surface area contributed by atoms with Gasteiger partial charge in [0.2, 0.25) is 0 Å². The van der Waals surface area contributed by atoms with E-state index < -0.39 is 0 Å². The number of likely N-dealkylation sites (tertiary alicyclic amines) is 1. The Morgan fingerprint density at radius 1 is 1.50 bits per heavy atom. The van der Waals surface area contributed by atoms with Crippen molar-refractivity contribution in [3.8, 4) is 5.75 Å². The highest BCUT2D eigenvalue weighted by atomic mass is 19.1. The van der Waals surface area contributed by atoms with Crippen LogP contribution in [0, 0.1) is 17.7 Å². The van der Waals surface area contributed by atoms with Crippen molar-refractivity contribution in [2.75, 3.05) is 26.7 Å². The second-order valence-corrected chi connectivity index (χ2v) is 5.79. The summed E-state index contributed by atoms with van der Waals surface area (Å²) in [6, 6.07) is 5.02. The van der Waals surface area contributed by atoms with Gasteiger partial charge in [-0.3, -0.25) is 4.90 Å². The molecule has 4 heteroatoms. The Morgan fingerprint density at radius 2 is 2.25 bits per heavy atom. The minimum absolute atomic E-state index is 0.00713. The first kappa shape index (κ1) is 15.3. The number of ether oxygens (including phenoxy) is 1. The van der Waals surface area contributed by atoms with Crippen LogP contribution >= 0.6 is 0 Å².